The van der Waals surface area contributed by atoms with Crippen molar-refractivity contribution < 1.29 is 18.3 Å². The highest BCUT2D eigenvalue weighted by Gasteiger charge is 2.17. The molecule has 1 N–H and O–H groups in total. The molecular weight excluding hydrogens is 333 g/mol. The third-order valence-electron chi connectivity index (χ3n) is 4.00. The number of halogens is 1. The molecule has 4 nitrogen and oxygen atoms in total. The molecule has 1 amide bonds. The Labute approximate surface area is 151 Å². The van der Waals surface area contributed by atoms with E-state index in [2.05, 4.69) is 5.32 Å². The largest absolute Gasteiger partial charge is 0.486 e. The second-order valence-electron chi connectivity index (χ2n) is 5.85. The van der Waals surface area contributed by atoms with Gasteiger partial charge in [-0.15, -0.1) is 0 Å². The summed E-state index contributed by atoms with van der Waals surface area (Å²) in [4.78, 5) is 12.4. The van der Waals surface area contributed by atoms with Crippen molar-refractivity contribution in [1.29, 1.82) is 0 Å². The highest BCUT2D eigenvalue weighted by Crippen LogP contribution is 2.18. The molecule has 0 saturated carbocycles. The molecule has 1 heterocycles. The van der Waals surface area contributed by atoms with E-state index >= 15 is 0 Å². The average Bonchev–Trinajstić information content (AvgIpc) is 3.15. The molecule has 1 unspecified atom stereocenters. The monoisotopic (exact) mass is 353 g/mol. The van der Waals surface area contributed by atoms with Gasteiger partial charge >= 0.3 is 0 Å². The Balaban J connectivity index is 1.59. The number of hydrogen-bond donors (Lipinski definition) is 1. The lowest BCUT2D eigenvalue weighted by Crippen LogP contribution is -2.27. The number of amides is 1. The number of ether oxygens (including phenoxy) is 1. The first kappa shape index (κ1) is 17.7. The molecule has 0 fully saturated rings. The van der Waals surface area contributed by atoms with Gasteiger partial charge in [-0.2, -0.15) is 0 Å². The maximum Gasteiger partial charge on any atom is 0.287 e. The molecule has 3 rings (SSSR count). The molecule has 1 atom stereocenters. The summed E-state index contributed by atoms with van der Waals surface area (Å²) in [5.74, 6) is 0.695. The number of rotatable bonds is 7. The SMILES string of the molecule is CCC(NC(=O)c1ccc(COc2ccc(F)cc2)o1)c1ccccc1. The van der Waals surface area contributed by atoms with Crippen LogP contribution in [0.15, 0.2) is 71.1 Å². The van der Waals surface area contributed by atoms with Crippen LogP contribution in [0, 0.1) is 5.82 Å². The van der Waals surface area contributed by atoms with Crippen molar-refractivity contribution in [3.63, 3.8) is 0 Å². The van der Waals surface area contributed by atoms with Crippen LogP contribution in [0.3, 0.4) is 0 Å². The third-order valence-corrected chi connectivity index (χ3v) is 4.00. The van der Waals surface area contributed by atoms with E-state index in [4.69, 9.17) is 9.15 Å². The van der Waals surface area contributed by atoms with E-state index in [9.17, 15) is 9.18 Å². The lowest BCUT2D eigenvalue weighted by atomic mass is 10.0. The van der Waals surface area contributed by atoms with Crippen LogP contribution in [0.1, 0.15) is 41.3 Å². The Hall–Kier alpha value is -3.08. The van der Waals surface area contributed by atoms with Gasteiger partial charge < -0.3 is 14.5 Å². The Morgan fingerprint density at radius 1 is 1.08 bits per heavy atom. The summed E-state index contributed by atoms with van der Waals surface area (Å²) in [7, 11) is 0. The first-order valence-corrected chi connectivity index (χ1v) is 8.48. The van der Waals surface area contributed by atoms with Crippen molar-refractivity contribution >= 4 is 5.91 Å². The van der Waals surface area contributed by atoms with Gasteiger partial charge in [-0.05, 0) is 48.4 Å². The fourth-order valence-corrected chi connectivity index (χ4v) is 2.60. The summed E-state index contributed by atoms with van der Waals surface area (Å²) < 4.78 is 24.0. The zero-order valence-corrected chi connectivity index (χ0v) is 14.4. The number of furan rings is 1. The molecule has 1 aromatic heterocycles. The van der Waals surface area contributed by atoms with E-state index in [1.807, 2.05) is 37.3 Å². The topological polar surface area (TPSA) is 51.5 Å². The first-order chi connectivity index (χ1) is 12.7. The molecule has 0 radical (unpaired) electrons. The summed E-state index contributed by atoms with van der Waals surface area (Å²) in [5.41, 5.74) is 1.05. The van der Waals surface area contributed by atoms with Crippen molar-refractivity contribution in [1.82, 2.24) is 5.32 Å². The Morgan fingerprint density at radius 3 is 2.50 bits per heavy atom. The average molecular weight is 353 g/mol. The van der Waals surface area contributed by atoms with Gasteiger partial charge in [0.05, 0.1) is 6.04 Å². The number of carbonyl (C=O) groups excluding carboxylic acids is 1. The summed E-state index contributed by atoms with van der Waals surface area (Å²) in [6.07, 6.45) is 0.775. The Bertz CT molecular complexity index is 843. The van der Waals surface area contributed by atoms with Crippen LogP contribution in [-0.2, 0) is 6.61 Å². The second kappa shape index (κ2) is 8.34. The van der Waals surface area contributed by atoms with Gasteiger partial charge in [-0.1, -0.05) is 37.3 Å². The standard InChI is InChI=1S/C21H20FNO3/c1-2-19(15-6-4-3-5-7-15)23-21(24)20-13-12-18(26-20)14-25-17-10-8-16(22)9-11-17/h3-13,19H,2,14H2,1H3,(H,23,24). The molecule has 26 heavy (non-hydrogen) atoms. The molecule has 0 saturated heterocycles. The first-order valence-electron chi connectivity index (χ1n) is 8.48. The summed E-state index contributed by atoms with van der Waals surface area (Å²) in [5, 5.41) is 2.98. The summed E-state index contributed by atoms with van der Waals surface area (Å²) in [6, 6.07) is 18.8. The van der Waals surface area contributed by atoms with Gasteiger partial charge in [0.25, 0.3) is 5.91 Å². The molecule has 0 bridgehead atoms. The van der Waals surface area contributed by atoms with Crippen molar-refractivity contribution in [2.45, 2.75) is 26.0 Å². The van der Waals surface area contributed by atoms with Crippen LogP contribution < -0.4 is 10.1 Å². The number of hydrogen-bond acceptors (Lipinski definition) is 3. The summed E-state index contributed by atoms with van der Waals surface area (Å²) >= 11 is 0. The van der Waals surface area contributed by atoms with Crippen LogP contribution in [0.25, 0.3) is 0 Å². The molecule has 134 valence electrons. The lowest BCUT2D eigenvalue weighted by molar-refractivity contribution is 0.0903. The maximum absolute atomic E-state index is 12.9. The molecule has 0 aliphatic carbocycles. The number of benzene rings is 2. The van der Waals surface area contributed by atoms with Crippen LogP contribution in [0.4, 0.5) is 4.39 Å². The van der Waals surface area contributed by atoms with Gasteiger partial charge in [0.2, 0.25) is 0 Å². The minimum Gasteiger partial charge on any atom is -0.486 e. The van der Waals surface area contributed by atoms with Gasteiger partial charge in [0.15, 0.2) is 5.76 Å². The Kier molecular flexibility index (Phi) is 5.69. The zero-order chi connectivity index (χ0) is 18.4. The smallest absolute Gasteiger partial charge is 0.287 e. The van der Waals surface area contributed by atoms with Gasteiger partial charge in [0.1, 0.15) is 23.9 Å². The van der Waals surface area contributed by atoms with Crippen molar-refractivity contribution in [2.24, 2.45) is 0 Å². The van der Waals surface area contributed by atoms with Gasteiger partial charge in [0, 0.05) is 0 Å². The van der Waals surface area contributed by atoms with Crippen LogP contribution in [0.5, 0.6) is 5.75 Å². The van der Waals surface area contributed by atoms with Gasteiger partial charge in [-0.25, -0.2) is 4.39 Å². The fraction of sp³-hybridized carbons (Fsp3) is 0.190. The minimum absolute atomic E-state index is 0.0762. The van der Waals surface area contributed by atoms with Gasteiger partial charge in [-0.3, -0.25) is 4.79 Å². The number of carbonyl (C=O) groups is 1. The predicted molar refractivity (Wildman–Crippen MR) is 96.4 cm³/mol. The molecule has 0 aliphatic rings. The highest BCUT2D eigenvalue weighted by atomic mass is 19.1. The van der Waals surface area contributed by atoms with Crippen LogP contribution in [0.2, 0.25) is 0 Å². The lowest BCUT2D eigenvalue weighted by Gasteiger charge is -2.16. The maximum atomic E-state index is 12.9. The Morgan fingerprint density at radius 2 is 1.81 bits per heavy atom. The predicted octanol–water partition coefficient (Wildman–Crippen LogP) is 4.88. The van der Waals surface area contributed by atoms with Crippen molar-refractivity contribution in [3.05, 3.63) is 89.6 Å². The second-order valence-corrected chi connectivity index (χ2v) is 5.85. The van der Waals surface area contributed by atoms with E-state index in [0.29, 0.717) is 11.5 Å². The van der Waals surface area contributed by atoms with Crippen molar-refractivity contribution in [2.75, 3.05) is 0 Å². The van der Waals surface area contributed by atoms with E-state index in [1.54, 1.807) is 12.1 Å². The third kappa shape index (κ3) is 4.51. The highest BCUT2D eigenvalue weighted by molar-refractivity contribution is 5.91. The molecule has 5 heteroatoms. The van der Waals surface area contributed by atoms with E-state index in [0.717, 1.165) is 12.0 Å². The van der Waals surface area contributed by atoms with Crippen LogP contribution >= 0.6 is 0 Å². The van der Waals surface area contributed by atoms with E-state index in [1.165, 1.54) is 24.3 Å². The minimum atomic E-state index is -0.321. The zero-order valence-electron chi connectivity index (χ0n) is 14.4. The van der Waals surface area contributed by atoms with Crippen LogP contribution in [-0.4, -0.2) is 5.91 Å². The molecular formula is C21H20FNO3. The fourth-order valence-electron chi connectivity index (χ4n) is 2.60. The normalized spacial score (nSPS) is 11.8. The molecule has 0 spiro atoms. The number of nitrogens with one attached hydrogen (secondary N) is 1. The summed E-state index contributed by atoms with van der Waals surface area (Å²) in [6.45, 7) is 2.18. The molecule has 0 aliphatic heterocycles. The van der Waals surface area contributed by atoms with E-state index < -0.39 is 0 Å². The van der Waals surface area contributed by atoms with Crippen molar-refractivity contribution in [3.8, 4) is 5.75 Å². The molecule has 3 aromatic rings. The quantitative estimate of drug-likeness (QED) is 0.659. The molecule has 2 aromatic carbocycles. The van der Waals surface area contributed by atoms with E-state index in [-0.39, 0.29) is 30.1 Å².